The molecule has 0 atom stereocenters. The Morgan fingerprint density at radius 3 is 2.47 bits per heavy atom. The molecule has 1 amide bonds. The van der Waals surface area contributed by atoms with Crippen LogP contribution in [0.2, 0.25) is 0 Å². The molecule has 0 aliphatic heterocycles. The summed E-state index contributed by atoms with van der Waals surface area (Å²) in [6.45, 7) is 3.01. The number of halogens is 1. The maximum atomic E-state index is 12.6. The lowest BCUT2D eigenvalue weighted by molar-refractivity contribution is -0.118. The molecular formula is C8H15FN2O3S. The zero-order valence-corrected chi connectivity index (χ0v) is 9.53. The van der Waals surface area contributed by atoms with Crippen LogP contribution in [0.1, 0.15) is 13.8 Å². The van der Waals surface area contributed by atoms with Gasteiger partial charge in [0.05, 0.1) is 5.75 Å². The van der Waals surface area contributed by atoms with Crippen LogP contribution in [0.4, 0.5) is 4.39 Å². The van der Waals surface area contributed by atoms with Crippen LogP contribution in [0.25, 0.3) is 0 Å². The molecule has 88 valence electrons. The van der Waals surface area contributed by atoms with Crippen LogP contribution in [0, 0.1) is 0 Å². The summed E-state index contributed by atoms with van der Waals surface area (Å²) in [5, 5.41) is 2.22. The van der Waals surface area contributed by atoms with E-state index in [1.54, 1.807) is 0 Å². The predicted octanol–water partition coefficient (Wildman–Crippen LogP) is -0.0848. The fourth-order valence-corrected chi connectivity index (χ4v) is 1.32. The van der Waals surface area contributed by atoms with Crippen molar-refractivity contribution in [1.29, 1.82) is 0 Å². The van der Waals surface area contributed by atoms with Gasteiger partial charge >= 0.3 is 0 Å². The van der Waals surface area contributed by atoms with Crippen molar-refractivity contribution >= 4 is 15.9 Å². The minimum absolute atomic E-state index is 0.0236. The highest BCUT2D eigenvalue weighted by Crippen LogP contribution is 1.93. The van der Waals surface area contributed by atoms with Gasteiger partial charge in [-0.25, -0.2) is 17.5 Å². The van der Waals surface area contributed by atoms with Gasteiger partial charge in [-0.3, -0.25) is 4.79 Å². The fraction of sp³-hybridized carbons (Fsp3) is 0.625. The van der Waals surface area contributed by atoms with E-state index >= 15 is 0 Å². The first-order valence-corrected chi connectivity index (χ1v) is 6.15. The van der Waals surface area contributed by atoms with E-state index in [1.165, 1.54) is 13.8 Å². The van der Waals surface area contributed by atoms with Gasteiger partial charge in [0.1, 0.15) is 0 Å². The lowest BCUT2D eigenvalue weighted by atomic mass is 10.4. The maximum Gasteiger partial charge on any atom is 0.279 e. The molecule has 0 fully saturated rings. The maximum absolute atomic E-state index is 12.6. The van der Waals surface area contributed by atoms with E-state index in [1.807, 2.05) is 0 Å². The van der Waals surface area contributed by atoms with E-state index in [-0.39, 0.29) is 18.8 Å². The van der Waals surface area contributed by atoms with Crippen LogP contribution in [0.15, 0.2) is 11.9 Å². The molecule has 15 heavy (non-hydrogen) atoms. The summed E-state index contributed by atoms with van der Waals surface area (Å²) in [5.41, 5.74) is 0. The van der Waals surface area contributed by atoms with Crippen molar-refractivity contribution in [3.63, 3.8) is 0 Å². The molecule has 0 spiro atoms. The lowest BCUT2D eigenvalue weighted by Gasteiger charge is -2.05. The molecule has 0 aliphatic rings. The number of hydrogen-bond donors (Lipinski definition) is 2. The third kappa shape index (κ3) is 6.19. The van der Waals surface area contributed by atoms with Gasteiger partial charge in [0, 0.05) is 13.1 Å². The lowest BCUT2D eigenvalue weighted by Crippen LogP contribution is -2.35. The predicted molar refractivity (Wildman–Crippen MR) is 55.3 cm³/mol. The van der Waals surface area contributed by atoms with Crippen LogP contribution in [-0.4, -0.2) is 33.2 Å². The molecule has 0 bridgehead atoms. The summed E-state index contributed by atoms with van der Waals surface area (Å²) in [4.78, 5) is 10.8. The first-order chi connectivity index (χ1) is 6.93. The summed E-state index contributed by atoms with van der Waals surface area (Å²) in [7, 11) is -3.25. The number of rotatable bonds is 6. The molecule has 0 saturated carbocycles. The van der Waals surface area contributed by atoms with Gasteiger partial charge in [0.2, 0.25) is 10.0 Å². The Bertz CT molecular complexity index is 338. The second kappa shape index (κ2) is 6.52. The molecule has 0 unspecified atom stereocenters. The number of amides is 1. The van der Waals surface area contributed by atoms with Crippen LogP contribution < -0.4 is 10.0 Å². The average Bonchev–Trinajstić information content (AvgIpc) is 2.22. The van der Waals surface area contributed by atoms with Gasteiger partial charge in [-0.05, 0) is 19.9 Å². The number of allylic oxidation sites excluding steroid dienone is 1. The van der Waals surface area contributed by atoms with Crippen LogP contribution in [0.3, 0.4) is 0 Å². The topological polar surface area (TPSA) is 75.3 Å². The summed E-state index contributed by atoms with van der Waals surface area (Å²) < 4.78 is 36.6. The quantitative estimate of drug-likeness (QED) is 0.502. The van der Waals surface area contributed by atoms with Crippen molar-refractivity contribution < 1.29 is 17.6 Å². The first kappa shape index (κ1) is 14.1. The summed E-state index contributed by atoms with van der Waals surface area (Å²) in [6.07, 6.45) is 1.03. The Kier molecular flexibility index (Phi) is 6.11. The Morgan fingerprint density at radius 1 is 1.40 bits per heavy atom. The summed E-state index contributed by atoms with van der Waals surface area (Å²) >= 11 is 0. The van der Waals surface area contributed by atoms with Crippen molar-refractivity contribution in [3.05, 3.63) is 11.9 Å². The Labute approximate surface area is 88.8 Å². The number of sulfonamides is 1. The highest BCUT2D eigenvalue weighted by molar-refractivity contribution is 7.89. The smallest absolute Gasteiger partial charge is 0.279 e. The Hall–Kier alpha value is -0.950. The third-order valence-corrected chi connectivity index (χ3v) is 2.99. The van der Waals surface area contributed by atoms with E-state index in [2.05, 4.69) is 10.0 Å². The molecule has 0 heterocycles. The van der Waals surface area contributed by atoms with E-state index in [9.17, 15) is 17.6 Å². The van der Waals surface area contributed by atoms with Crippen LogP contribution >= 0.6 is 0 Å². The molecule has 0 aliphatic carbocycles. The fourth-order valence-electron chi connectivity index (χ4n) is 0.700. The second-order valence-electron chi connectivity index (χ2n) is 2.69. The van der Waals surface area contributed by atoms with Gasteiger partial charge in [-0.1, -0.05) is 0 Å². The van der Waals surface area contributed by atoms with E-state index in [0.29, 0.717) is 0 Å². The largest absolute Gasteiger partial charge is 0.349 e. The van der Waals surface area contributed by atoms with Gasteiger partial charge in [0.25, 0.3) is 5.91 Å². The molecule has 5 nitrogen and oxygen atoms in total. The van der Waals surface area contributed by atoms with Gasteiger partial charge in [0.15, 0.2) is 5.83 Å². The molecule has 0 aromatic heterocycles. The second-order valence-corrected chi connectivity index (χ2v) is 4.79. The molecule has 2 N–H and O–H groups in total. The monoisotopic (exact) mass is 238 g/mol. The van der Waals surface area contributed by atoms with Gasteiger partial charge in [-0.15, -0.1) is 0 Å². The highest BCUT2D eigenvalue weighted by Gasteiger charge is 2.07. The van der Waals surface area contributed by atoms with Crippen molar-refractivity contribution in [1.82, 2.24) is 10.0 Å². The van der Waals surface area contributed by atoms with Crippen molar-refractivity contribution in [2.24, 2.45) is 0 Å². The molecule has 0 aromatic rings. The highest BCUT2D eigenvalue weighted by atomic mass is 32.2. The van der Waals surface area contributed by atoms with Crippen molar-refractivity contribution in [2.75, 3.05) is 18.8 Å². The number of carbonyl (C=O) groups is 1. The molecule has 0 aromatic carbocycles. The van der Waals surface area contributed by atoms with Crippen LogP contribution in [0.5, 0.6) is 0 Å². The number of carbonyl (C=O) groups excluding carboxylic acids is 1. The normalized spacial score (nSPS) is 12.6. The van der Waals surface area contributed by atoms with E-state index < -0.39 is 21.8 Å². The Morgan fingerprint density at radius 2 is 2.00 bits per heavy atom. The zero-order chi connectivity index (χ0) is 11.9. The molecular weight excluding hydrogens is 223 g/mol. The molecule has 0 rings (SSSR count). The van der Waals surface area contributed by atoms with Gasteiger partial charge < -0.3 is 5.32 Å². The standard InChI is InChI=1S/C8H15FN2O3S/c1-3-7(9)8(12)10-5-6-11-15(13,14)4-2/h3,11H,4-6H2,1-2H3,(H,10,12)/b7-3-. The Balaban J connectivity index is 3.78. The van der Waals surface area contributed by atoms with E-state index in [0.717, 1.165) is 6.08 Å². The minimum Gasteiger partial charge on any atom is -0.349 e. The van der Waals surface area contributed by atoms with Gasteiger partial charge in [-0.2, -0.15) is 0 Å². The van der Waals surface area contributed by atoms with Crippen molar-refractivity contribution in [3.8, 4) is 0 Å². The molecule has 0 saturated heterocycles. The summed E-state index contributed by atoms with van der Waals surface area (Å²) in [5.74, 6) is -1.74. The average molecular weight is 238 g/mol. The zero-order valence-electron chi connectivity index (χ0n) is 8.71. The molecule has 0 radical (unpaired) electrons. The molecule has 7 heteroatoms. The van der Waals surface area contributed by atoms with Crippen LogP contribution in [-0.2, 0) is 14.8 Å². The van der Waals surface area contributed by atoms with E-state index in [4.69, 9.17) is 0 Å². The number of nitrogens with one attached hydrogen (secondary N) is 2. The number of hydrogen-bond acceptors (Lipinski definition) is 3. The third-order valence-electron chi connectivity index (χ3n) is 1.58. The summed E-state index contributed by atoms with van der Waals surface area (Å²) in [6, 6.07) is 0. The first-order valence-electron chi connectivity index (χ1n) is 4.50. The van der Waals surface area contributed by atoms with Crippen molar-refractivity contribution in [2.45, 2.75) is 13.8 Å². The minimum atomic E-state index is -3.25. The SMILES string of the molecule is C/C=C(\F)C(=O)NCCNS(=O)(=O)CC.